The van der Waals surface area contributed by atoms with Gasteiger partial charge in [-0.05, 0) is 31.7 Å². The number of alkyl halides is 3. The van der Waals surface area contributed by atoms with Crippen molar-refractivity contribution in [1.82, 2.24) is 19.9 Å². The van der Waals surface area contributed by atoms with Gasteiger partial charge in [-0.1, -0.05) is 6.07 Å². The molecule has 1 aliphatic rings. The van der Waals surface area contributed by atoms with Crippen molar-refractivity contribution in [3.8, 4) is 5.88 Å². The second-order valence-corrected chi connectivity index (χ2v) is 8.47. The van der Waals surface area contributed by atoms with E-state index in [-0.39, 0.29) is 19.0 Å². The van der Waals surface area contributed by atoms with Crippen molar-refractivity contribution >= 4 is 16.0 Å². The van der Waals surface area contributed by atoms with Gasteiger partial charge >= 0.3 is 15.5 Å². The molecular weight excluding hydrogens is 411 g/mol. The number of nitrogens with one attached hydrogen (secondary N) is 2. The van der Waals surface area contributed by atoms with Crippen LogP contribution in [-0.2, 0) is 16.6 Å². The molecule has 164 valence electrons. The first kappa shape index (κ1) is 23.2. The summed E-state index contributed by atoms with van der Waals surface area (Å²) >= 11 is 0. The fourth-order valence-corrected chi connectivity index (χ4v) is 3.96. The number of hydrogen-bond donors (Lipinski definition) is 2. The van der Waals surface area contributed by atoms with E-state index in [4.69, 9.17) is 4.74 Å². The molecule has 1 aromatic rings. The Morgan fingerprint density at radius 1 is 1.34 bits per heavy atom. The molecule has 0 radical (unpaired) electrons. The molecule has 0 unspecified atom stereocenters. The van der Waals surface area contributed by atoms with E-state index in [0.717, 1.165) is 5.56 Å². The van der Waals surface area contributed by atoms with E-state index >= 15 is 0 Å². The molecule has 1 aromatic heterocycles. The van der Waals surface area contributed by atoms with Gasteiger partial charge in [0.05, 0.1) is 13.7 Å². The van der Waals surface area contributed by atoms with E-state index in [2.05, 4.69) is 20.6 Å². The van der Waals surface area contributed by atoms with Crippen molar-refractivity contribution in [2.24, 2.45) is 10.9 Å². The maximum atomic E-state index is 12.7. The lowest BCUT2D eigenvalue weighted by molar-refractivity contribution is -0.0496. The van der Waals surface area contributed by atoms with Gasteiger partial charge < -0.3 is 15.4 Å². The first-order valence-corrected chi connectivity index (χ1v) is 10.7. The van der Waals surface area contributed by atoms with Crippen molar-refractivity contribution in [2.45, 2.75) is 31.8 Å². The molecule has 1 fully saturated rings. The summed E-state index contributed by atoms with van der Waals surface area (Å²) in [7, 11) is -3.72. The van der Waals surface area contributed by atoms with Crippen LogP contribution >= 0.6 is 0 Å². The van der Waals surface area contributed by atoms with Crippen LogP contribution in [0.25, 0.3) is 0 Å². The standard InChI is InChI=1S/C17H26F3N5O3S/c1-3-21-16(24-12-14-5-4-8-22-15(14)28-2)23-11-13-6-9-25(10-7-13)29(26,27)17(18,19)20/h4-5,8,13H,3,6-7,9-12H2,1-2H3,(H2,21,23,24). The smallest absolute Gasteiger partial charge is 0.481 e. The average molecular weight is 437 g/mol. The zero-order valence-electron chi connectivity index (χ0n) is 16.4. The highest BCUT2D eigenvalue weighted by atomic mass is 32.2. The SMILES string of the molecule is CCNC(=NCc1cccnc1OC)NCC1CCN(S(=O)(=O)C(F)(F)F)CC1. The predicted octanol–water partition coefficient (Wildman–Crippen LogP) is 1.71. The molecule has 0 aromatic carbocycles. The summed E-state index contributed by atoms with van der Waals surface area (Å²) < 4.78 is 66.6. The van der Waals surface area contributed by atoms with Gasteiger partial charge in [-0.2, -0.15) is 17.5 Å². The minimum absolute atomic E-state index is 0.0477. The number of methoxy groups -OCH3 is 1. The van der Waals surface area contributed by atoms with Crippen LogP contribution in [0, 0.1) is 5.92 Å². The average Bonchev–Trinajstić information content (AvgIpc) is 2.69. The number of hydrogen-bond acceptors (Lipinski definition) is 5. The normalized spacial score (nSPS) is 17.2. The molecule has 12 heteroatoms. The number of sulfonamides is 1. The monoisotopic (exact) mass is 437 g/mol. The lowest BCUT2D eigenvalue weighted by Crippen LogP contribution is -2.47. The lowest BCUT2D eigenvalue weighted by atomic mass is 9.98. The van der Waals surface area contributed by atoms with Gasteiger partial charge in [0.2, 0.25) is 5.88 Å². The molecular formula is C17H26F3N5O3S. The first-order valence-electron chi connectivity index (χ1n) is 9.25. The fraction of sp³-hybridized carbons (Fsp3) is 0.647. The summed E-state index contributed by atoms with van der Waals surface area (Å²) in [6.45, 7) is 3.09. The molecule has 0 bridgehead atoms. The molecule has 0 amide bonds. The summed E-state index contributed by atoms with van der Waals surface area (Å²) in [5.74, 6) is 1.10. The second kappa shape index (κ2) is 10.1. The van der Waals surface area contributed by atoms with Gasteiger partial charge in [0.1, 0.15) is 0 Å². The third kappa shape index (κ3) is 6.20. The van der Waals surface area contributed by atoms with E-state index in [9.17, 15) is 21.6 Å². The Morgan fingerprint density at radius 2 is 2.03 bits per heavy atom. The number of rotatable bonds is 7. The number of guanidine groups is 1. The molecule has 0 saturated carbocycles. The zero-order chi connectivity index (χ0) is 21.5. The van der Waals surface area contributed by atoms with Gasteiger partial charge in [-0.15, -0.1) is 0 Å². The van der Waals surface area contributed by atoms with Crippen LogP contribution in [0.4, 0.5) is 13.2 Å². The third-order valence-corrected chi connectivity index (χ3v) is 6.19. The van der Waals surface area contributed by atoms with Crippen LogP contribution in [0.5, 0.6) is 5.88 Å². The van der Waals surface area contributed by atoms with E-state index in [1.807, 2.05) is 13.0 Å². The van der Waals surface area contributed by atoms with E-state index in [0.29, 0.717) is 48.6 Å². The van der Waals surface area contributed by atoms with Crippen molar-refractivity contribution in [1.29, 1.82) is 0 Å². The number of piperidine rings is 1. The summed E-state index contributed by atoms with van der Waals surface area (Å²) in [4.78, 5) is 8.60. The van der Waals surface area contributed by atoms with Crippen molar-refractivity contribution in [3.05, 3.63) is 23.9 Å². The first-order chi connectivity index (χ1) is 13.7. The van der Waals surface area contributed by atoms with Crippen LogP contribution in [0.3, 0.4) is 0 Å². The Kier molecular flexibility index (Phi) is 8.08. The second-order valence-electron chi connectivity index (χ2n) is 6.54. The molecule has 0 spiro atoms. The minimum atomic E-state index is -5.25. The van der Waals surface area contributed by atoms with Gasteiger partial charge in [-0.3, -0.25) is 0 Å². The highest BCUT2D eigenvalue weighted by Gasteiger charge is 2.50. The largest absolute Gasteiger partial charge is 0.511 e. The number of pyridine rings is 1. The summed E-state index contributed by atoms with van der Waals surface area (Å²) in [5, 5.41) is 6.27. The molecule has 2 N–H and O–H groups in total. The minimum Gasteiger partial charge on any atom is -0.481 e. The lowest BCUT2D eigenvalue weighted by Gasteiger charge is -2.31. The molecule has 2 rings (SSSR count). The van der Waals surface area contributed by atoms with Crippen molar-refractivity contribution in [3.63, 3.8) is 0 Å². The fourth-order valence-electron chi connectivity index (χ4n) is 2.98. The number of aliphatic imine (C=N–C) groups is 1. The molecule has 2 heterocycles. The summed E-state index contributed by atoms with van der Waals surface area (Å²) in [5.41, 5.74) is -4.44. The number of aromatic nitrogens is 1. The molecule has 1 aliphatic heterocycles. The maximum absolute atomic E-state index is 12.7. The van der Waals surface area contributed by atoms with Crippen LogP contribution in [0.15, 0.2) is 23.3 Å². The van der Waals surface area contributed by atoms with E-state index in [1.165, 1.54) is 7.11 Å². The van der Waals surface area contributed by atoms with Crippen LogP contribution in [0.2, 0.25) is 0 Å². The third-order valence-electron chi connectivity index (χ3n) is 4.56. The number of halogens is 3. The Bertz CT molecular complexity index is 794. The van der Waals surface area contributed by atoms with Gasteiger partial charge in [0.15, 0.2) is 5.96 Å². The van der Waals surface area contributed by atoms with Gasteiger partial charge in [0, 0.05) is 37.9 Å². The number of ether oxygens (including phenoxy) is 1. The molecule has 8 nitrogen and oxygen atoms in total. The van der Waals surface area contributed by atoms with E-state index < -0.39 is 15.5 Å². The van der Waals surface area contributed by atoms with Crippen LogP contribution in [0.1, 0.15) is 25.3 Å². The highest BCUT2D eigenvalue weighted by molar-refractivity contribution is 7.90. The van der Waals surface area contributed by atoms with Crippen LogP contribution in [-0.4, -0.2) is 62.5 Å². The Hall–Kier alpha value is -2.08. The summed E-state index contributed by atoms with van der Waals surface area (Å²) in [6.07, 6.45) is 2.32. The van der Waals surface area contributed by atoms with E-state index in [1.54, 1.807) is 12.3 Å². The van der Waals surface area contributed by atoms with Gasteiger partial charge in [0.25, 0.3) is 0 Å². The Labute approximate surface area is 168 Å². The topological polar surface area (TPSA) is 95.9 Å². The maximum Gasteiger partial charge on any atom is 0.511 e. The van der Waals surface area contributed by atoms with Crippen LogP contribution < -0.4 is 15.4 Å². The van der Waals surface area contributed by atoms with Gasteiger partial charge in [-0.25, -0.2) is 18.4 Å². The molecule has 0 atom stereocenters. The molecule has 0 aliphatic carbocycles. The van der Waals surface area contributed by atoms with Crippen molar-refractivity contribution < 1.29 is 26.3 Å². The summed E-state index contributed by atoms with van der Waals surface area (Å²) in [6, 6.07) is 3.65. The molecule has 1 saturated heterocycles. The Morgan fingerprint density at radius 3 is 2.62 bits per heavy atom. The quantitative estimate of drug-likeness (QED) is 0.498. The zero-order valence-corrected chi connectivity index (χ0v) is 17.2. The highest BCUT2D eigenvalue weighted by Crippen LogP contribution is 2.30. The predicted molar refractivity (Wildman–Crippen MR) is 103 cm³/mol. The molecule has 29 heavy (non-hydrogen) atoms. The number of nitrogens with zero attached hydrogens (tertiary/aromatic N) is 3. The van der Waals surface area contributed by atoms with Crippen molar-refractivity contribution in [2.75, 3.05) is 33.3 Å². The Balaban J connectivity index is 1.90.